The molecule has 0 saturated heterocycles. The quantitative estimate of drug-likeness (QED) is 0.420. The van der Waals surface area contributed by atoms with Gasteiger partial charge in [-0.15, -0.1) is 5.73 Å². The summed E-state index contributed by atoms with van der Waals surface area (Å²) in [6.45, 7) is 5.55. The molecule has 1 aliphatic heterocycles. The molecule has 0 aromatic heterocycles. The maximum absolute atomic E-state index is 12.7. The molecule has 0 amide bonds. The average Bonchev–Trinajstić information content (AvgIpc) is 2.77. The van der Waals surface area contributed by atoms with Crippen molar-refractivity contribution in [1.82, 2.24) is 0 Å². The molecule has 0 aromatic rings. The Bertz CT molecular complexity index is 760. The minimum absolute atomic E-state index is 0.263. The van der Waals surface area contributed by atoms with Crippen molar-refractivity contribution in [2.24, 2.45) is 0 Å². The van der Waals surface area contributed by atoms with Crippen molar-refractivity contribution in [3.05, 3.63) is 64.2 Å². The van der Waals surface area contributed by atoms with E-state index in [1.807, 2.05) is 26.8 Å². The lowest BCUT2D eigenvalue weighted by atomic mass is 9.99. The van der Waals surface area contributed by atoms with E-state index in [4.69, 9.17) is 9.47 Å². The third kappa shape index (κ3) is 6.10. The number of aliphatic hydroxyl groups is 2. The number of carbonyl (C=O) groups excluding carboxylic acids is 1. The molecule has 0 aromatic carbocycles. The smallest absolute Gasteiger partial charge is 0.346 e. The van der Waals surface area contributed by atoms with Crippen molar-refractivity contribution in [3.8, 4) is 0 Å². The van der Waals surface area contributed by atoms with Crippen LogP contribution in [0.5, 0.6) is 0 Å². The number of hydrogen-bond acceptors (Lipinski definition) is 5. The summed E-state index contributed by atoms with van der Waals surface area (Å²) in [4.78, 5) is 12.7. The van der Waals surface area contributed by atoms with Gasteiger partial charge in [-0.25, -0.2) is 4.79 Å². The van der Waals surface area contributed by atoms with Gasteiger partial charge in [0.05, 0.1) is 19.3 Å². The van der Waals surface area contributed by atoms with Crippen LogP contribution in [-0.4, -0.2) is 41.6 Å². The molecule has 2 rings (SSSR count). The van der Waals surface area contributed by atoms with E-state index in [1.54, 1.807) is 31.4 Å². The van der Waals surface area contributed by atoms with E-state index in [9.17, 15) is 15.0 Å². The van der Waals surface area contributed by atoms with Crippen molar-refractivity contribution >= 4 is 5.97 Å². The van der Waals surface area contributed by atoms with Gasteiger partial charge >= 0.3 is 5.97 Å². The van der Waals surface area contributed by atoms with E-state index in [1.165, 1.54) is 0 Å². The molecular weight excluding hydrogens is 344 g/mol. The topological polar surface area (TPSA) is 76.0 Å². The first-order valence-electron chi connectivity index (χ1n) is 9.14. The molecule has 146 valence electrons. The minimum Gasteiger partial charge on any atom is -0.497 e. The summed E-state index contributed by atoms with van der Waals surface area (Å²) in [6, 6.07) is 0. The van der Waals surface area contributed by atoms with Gasteiger partial charge in [-0.2, -0.15) is 0 Å². The van der Waals surface area contributed by atoms with Gasteiger partial charge in [0.15, 0.2) is 0 Å². The van der Waals surface area contributed by atoms with Gasteiger partial charge in [0.2, 0.25) is 0 Å². The Morgan fingerprint density at radius 1 is 1.19 bits per heavy atom. The van der Waals surface area contributed by atoms with Crippen LogP contribution in [0.25, 0.3) is 0 Å². The molecule has 0 bridgehead atoms. The van der Waals surface area contributed by atoms with E-state index in [0.29, 0.717) is 29.7 Å². The highest BCUT2D eigenvalue weighted by Gasteiger charge is 2.21. The minimum atomic E-state index is -0.884. The first-order valence-corrected chi connectivity index (χ1v) is 9.14. The van der Waals surface area contributed by atoms with E-state index < -0.39 is 18.2 Å². The second kappa shape index (κ2) is 9.56. The lowest BCUT2D eigenvalue weighted by Crippen LogP contribution is -2.25. The average molecular weight is 372 g/mol. The van der Waals surface area contributed by atoms with Gasteiger partial charge in [0, 0.05) is 12.0 Å². The van der Waals surface area contributed by atoms with Crippen LogP contribution in [0.2, 0.25) is 0 Å². The van der Waals surface area contributed by atoms with Crippen LogP contribution in [0.15, 0.2) is 64.2 Å². The number of rotatable bonds is 1. The van der Waals surface area contributed by atoms with Gasteiger partial charge in [0.25, 0.3) is 0 Å². The molecule has 1 heterocycles. The molecule has 2 aliphatic rings. The van der Waals surface area contributed by atoms with Gasteiger partial charge < -0.3 is 19.7 Å². The van der Waals surface area contributed by atoms with Crippen molar-refractivity contribution in [2.75, 3.05) is 7.11 Å². The number of aliphatic hydroxyl groups excluding tert-OH is 2. The van der Waals surface area contributed by atoms with Gasteiger partial charge in [0.1, 0.15) is 17.4 Å². The summed E-state index contributed by atoms with van der Waals surface area (Å²) in [5.41, 5.74) is 5.67. The maximum Gasteiger partial charge on any atom is 0.346 e. The molecule has 0 spiro atoms. The Morgan fingerprint density at radius 3 is 2.63 bits per heavy atom. The summed E-state index contributed by atoms with van der Waals surface area (Å²) in [6.07, 6.45) is 8.03. The normalized spacial score (nSPS) is 30.7. The van der Waals surface area contributed by atoms with Crippen LogP contribution in [0, 0.1) is 0 Å². The molecule has 3 unspecified atom stereocenters. The monoisotopic (exact) mass is 372 g/mol. The summed E-state index contributed by atoms with van der Waals surface area (Å²) < 4.78 is 10.9. The Kier molecular flexibility index (Phi) is 7.43. The zero-order valence-electron chi connectivity index (χ0n) is 16.4. The summed E-state index contributed by atoms with van der Waals surface area (Å²) in [5.74, 6) is 0.142. The number of fused-ring (bicyclic) bond motifs is 1. The molecule has 2 N–H and O–H groups in total. The molecule has 3 atom stereocenters. The molecule has 5 nitrogen and oxygen atoms in total. The second-order valence-corrected chi connectivity index (χ2v) is 7.01. The predicted octanol–water partition coefficient (Wildman–Crippen LogP) is 3.27. The fourth-order valence-electron chi connectivity index (χ4n) is 2.90. The van der Waals surface area contributed by atoms with Crippen LogP contribution in [0.3, 0.4) is 0 Å². The fraction of sp³-hybridized carbons (Fsp3) is 0.455. The predicted molar refractivity (Wildman–Crippen MR) is 104 cm³/mol. The number of cyclic esters (lactones) is 1. The van der Waals surface area contributed by atoms with E-state index >= 15 is 0 Å². The van der Waals surface area contributed by atoms with Crippen LogP contribution in [0.4, 0.5) is 0 Å². The SMILES string of the molecule is COC1=CC(C)=C=C2C(=O)OC(C)C/C=C(/C)CC(O)C(O)C/C=C/C2=C1. The van der Waals surface area contributed by atoms with Crippen molar-refractivity contribution in [1.29, 1.82) is 0 Å². The maximum atomic E-state index is 12.7. The van der Waals surface area contributed by atoms with Gasteiger partial charge in [-0.05, 0) is 51.3 Å². The molecule has 27 heavy (non-hydrogen) atoms. The summed E-state index contributed by atoms with van der Waals surface area (Å²) in [7, 11) is 1.56. The number of carbonyl (C=O) groups is 1. The number of esters is 1. The van der Waals surface area contributed by atoms with Gasteiger partial charge in [-0.1, -0.05) is 23.8 Å². The molecule has 0 radical (unpaired) electrons. The van der Waals surface area contributed by atoms with E-state index in [2.05, 4.69) is 5.73 Å². The lowest BCUT2D eigenvalue weighted by molar-refractivity contribution is -0.142. The largest absolute Gasteiger partial charge is 0.497 e. The Labute approximate surface area is 160 Å². The summed E-state index contributed by atoms with van der Waals surface area (Å²) >= 11 is 0. The Balaban J connectivity index is 2.43. The third-order valence-electron chi connectivity index (χ3n) is 4.46. The molecule has 0 saturated carbocycles. The van der Waals surface area contributed by atoms with Crippen molar-refractivity contribution < 1.29 is 24.5 Å². The van der Waals surface area contributed by atoms with Crippen LogP contribution in [0.1, 0.15) is 40.0 Å². The number of allylic oxidation sites excluding steroid dienone is 3. The number of ether oxygens (including phenoxy) is 2. The standard InChI is InChI=1S/C22H28O5/c1-14-8-9-16(3)27-22(25)19-11-15(2)10-18(26-4)13-17(19)6-5-7-20(23)21(24)12-14/h5-6,8,10,13,16,20-21,23-24H,7,9,12H2,1-4H3/b6-5+,14-8-. The van der Waals surface area contributed by atoms with Crippen LogP contribution < -0.4 is 0 Å². The van der Waals surface area contributed by atoms with Gasteiger partial charge in [-0.3, -0.25) is 0 Å². The highest BCUT2D eigenvalue weighted by Crippen LogP contribution is 2.23. The fourth-order valence-corrected chi connectivity index (χ4v) is 2.90. The zero-order chi connectivity index (χ0) is 20.0. The molecule has 0 fully saturated rings. The highest BCUT2D eigenvalue weighted by atomic mass is 16.5. The summed E-state index contributed by atoms with van der Waals surface area (Å²) in [5, 5.41) is 20.4. The Hall–Kier alpha value is -2.33. The third-order valence-corrected chi connectivity index (χ3v) is 4.46. The van der Waals surface area contributed by atoms with Crippen molar-refractivity contribution in [2.45, 2.75) is 58.3 Å². The van der Waals surface area contributed by atoms with E-state index in [0.717, 1.165) is 11.1 Å². The second-order valence-electron chi connectivity index (χ2n) is 7.01. The van der Waals surface area contributed by atoms with Crippen LogP contribution >= 0.6 is 0 Å². The first kappa shape index (κ1) is 21.0. The molecule has 5 heteroatoms. The van der Waals surface area contributed by atoms with Crippen LogP contribution in [-0.2, 0) is 14.3 Å². The number of hydrogen-bond donors (Lipinski definition) is 2. The molecular formula is C22H28O5. The molecule has 1 aliphatic carbocycles. The lowest BCUT2D eigenvalue weighted by Gasteiger charge is -2.18. The first-order chi connectivity index (χ1) is 12.8. The van der Waals surface area contributed by atoms with E-state index in [-0.39, 0.29) is 12.5 Å². The zero-order valence-corrected chi connectivity index (χ0v) is 16.4. The highest BCUT2D eigenvalue weighted by molar-refractivity contribution is 5.94. The number of methoxy groups -OCH3 is 1. The Morgan fingerprint density at radius 2 is 1.93 bits per heavy atom. The van der Waals surface area contributed by atoms with Crippen molar-refractivity contribution in [3.63, 3.8) is 0 Å².